The highest BCUT2D eigenvalue weighted by atomic mass is 32.1. The summed E-state index contributed by atoms with van der Waals surface area (Å²) in [5, 5.41) is 10.8. The minimum atomic E-state index is -0.393. The smallest absolute Gasteiger partial charge is 0.216 e. The molecule has 100 valence electrons. The van der Waals surface area contributed by atoms with Gasteiger partial charge >= 0.3 is 0 Å². The number of nitrogens with one attached hydrogen (secondary N) is 1. The van der Waals surface area contributed by atoms with Gasteiger partial charge in [-0.25, -0.2) is 9.49 Å². The summed E-state index contributed by atoms with van der Waals surface area (Å²) < 4.78 is 20.6. The fourth-order valence-corrected chi connectivity index (χ4v) is 1.87. The minimum Gasteiger partial charge on any atom is -0.463 e. The molecule has 0 aliphatic carbocycles. The number of H-pyrrole nitrogens is 1. The number of furan rings is 1. The summed E-state index contributed by atoms with van der Waals surface area (Å²) >= 11 is 5.09. The molecule has 0 aliphatic rings. The lowest BCUT2D eigenvalue weighted by molar-refractivity contribution is 0.559. The van der Waals surface area contributed by atoms with Crippen molar-refractivity contribution in [2.75, 3.05) is 0 Å². The van der Waals surface area contributed by atoms with E-state index in [1.807, 2.05) is 0 Å². The molecule has 20 heavy (non-hydrogen) atoms. The molecule has 3 aromatic rings. The molecule has 0 radical (unpaired) electrons. The Kier molecular flexibility index (Phi) is 3.26. The van der Waals surface area contributed by atoms with Crippen molar-refractivity contribution in [1.29, 1.82) is 0 Å². The first kappa shape index (κ1) is 12.5. The Labute approximate surface area is 118 Å². The van der Waals surface area contributed by atoms with Gasteiger partial charge in [0.2, 0.25) is 4.77 Å². The molecule has 3 rings (SSSR count). The predicted molar refractivity (Wildman–Crippen MR) is 74.5 cm³/mol. The van der Waals surface area contributed by atoms with Gasteiger partial charge in [0.15, 0.2) is 5.82 Å². The average molecular weight is 288 g/mol. The molecule has 0 unspecified atom stereocenters. The van der Waals surface area contributed by atoms with Gasteiger partial charge in [-0.1, -0.05) is 12.1 Å². The Morgan fingerprint density at radius 2 is 2.15 bits per heavy atom. The fourth-order valence-electron chi connectivity index (χ4n) is 1.70. The van der Waals surface area contributed by atoms with Crippen LogP contribution in [0, 0.1) is 10.6 Å². The zero-order valence-electron chi connectivity index (χ0n) is 10.2. The van der Waals surface area contributed by atoms with Crippen LogP contribution in [0.5, 0.6) is 0 Å². The Bertz CT molecular complexity index is 804. The number of aromatic nitrogens is 3. The fraction of sp³-hybridized carbons (Fsp3) is 0. The number of nitrogens with zero attached hydrogens (tertiary/aromatic N) is 3. The van der Waals surface area contributed by atoms with Crippen molar-refractivity contribution in [3.8, 4) is 11.4 Å². The summed E-state index contributed by atoms with van der Waals surface area (Å²) in [5.74, 6) is 0.472. The lowest BCUT2D eigenvalue weighted by Gasteiger charge is -2.01. The third-order valence-electron chi connectivity index (χ3n) is 2.61. The molecule has 2 heterocycles. The van der Waals surface area contributed by atoms with E-state index in [4.69, 9.17) is 16.6 Å². The van der Waals surface area contributed by atoms with Crippen molar-refractivity contribution in [2.24, 2.45) is 5.10 Å². The van der Waals surface area contributed by atoms with Crippen LogP contribution in [0.25, 0.3) is 11.4 Å². The zero-order valence-corrected chi connectivity index (χ0v) is 11.0. The molecule has 2 aromatic heterocycles. The largest absolute Gasteiger partial charge is 0.463 e. The molecular weight excluding hydrogens is 279 g/mol. The van der Waals surface area contributed by atoms with Crippen molar-refractivity contribution < 1.29 is 8.81 Å². The highest BCUT2D eigenvalue weighted by Gasteiger charge is 2.12. The van der Waals surface area contributed by atoms with E-state index in [0.29, 0.717) is 17.1 Å². The summed E-state index contributed by atoms with van der Waals surface area (Å²) in [7, 11) is 0. The Balaban J connectivity index is 2.07. The molecule has 0 fully saturated rings. The molecular formula is C13H9FN4OS. The van der Waals surface area contributed by atoms with Crippen LogP contribution in [-0.4, -0.2) is 21.1 Å². The molecule has 7 heteroatoms. The lowest BCUT2D eigenvalue weighted by atomic mass is 10.2. The SMILES string of the molecule is Fc1ccccc1-c1n[nH]c(=S)n1N=Cc1ccco1. The van der Waals surface area contributed by atoms with E-state index < -0.39 is 5.82 Å². The van der Waals surface area contributed by atoms with Crippen LogP contribution < -0.4 is 0 Å². The lowest BCUT2D eigenvalue weighted by Crippen LogP contribution is -1.96. The molecule has 0 atom stereocenters. The quantitative estimate of drug-likeness (QED) is 0.594. The zero-order chi connectivity index (χ0) is 13.9. The Hall–Kier alpha value is -2.54. The van der Waals surface area contributed by atoms with Crippen LogP contribution >= 0.6 is 12.2 Å². The summed E-state index contributed by atoms with van der Waals surface area (Å²) in [6, 6.07) is 9.78. The average Bonchev–Trinajstić information content (AvgIpc) is 3.07. The van der Waals surface area contributed by atoms with E-state index in [1.54, 1.807) is 30.3 Å². The van der Waals surface area contributed by atoms with Crippen molar-refractivity contribution in [3.05, 3.63) is 59.0 Å². The normalized spacial score (nSPS) is 11.2. The third-order valence-corrected chi connectivity index (χ3v) is 2.87. The first-order chi connectivity index (χ1) is 9.75. The van der Waals surface area contributed by atoms with Gasteiger partial charge in [0.1, 0.15) is 11.6 Å². The number of benzene rings is 1. The van der Waals surface area contributed by atoms with Crippen LogP contribution in [0.1, 0.15) is 5.76 Å². The van der Waals surface area contributed by atoms with Crippen molar-refractivity contribution in [3.63, 3.8) is 0 Å². The molecule has 0 amide bonds. The maximum atomic E-state index is 13.8. The minimum absolute atomic E-state index is 0.269. The van der Waals surface area contributed by atoms with Gasteiger partial charge < -0.3 is 4.42 Å². The molecule has 0 saturated heterocycles. The topological polar surface area (TPSA) is 59.1 Å². The molecule has 0 bridgehead atoms. The van der Waals surface area contributed by atoms with Crippen LogP contribution in [0.3, 0.4) is 0 Å². The molecule has 5 nitrogen and oxygen atoms in total. The van der Waals surface area contributed by atoms with Gasteiger partial charge in [-0.15, -0.1) is 0 Å². The van der Waals surface area contributed by atoms with Gasteiger partial charge in [-0.05, 0) is 36.5 Å². The number of hydrogen-bond acceptors (Lipinski definition) is 4. The van der Waals surface area contributed by atoms with Gasteiger partial charge in [-0.3, -0.25) is 0 Å². The number of aromatic amines is 1. The molecule has 1 aromatic carbocycles. The van der Waals surface area contributed by atoms with E-state index in [2.05, 4.69) is 15.3 Å². The predicted octanol–water partition coefficient (Wildman–Crippen LogP) is 3.22. The number of halogens is 1. The van der Waals surface area contributed by atoms with Crippen LogP contribution in [0.4, 0.5) is 4.39 Å². The molecule has 0 spiro atoms. The highest BCUT2D eigenvalue weighted by Crippen LogP contribution is 2.20. The number of hydrogen-bond donors (Lipinski definition) is 1. The van der Waals surface area contributed by atoms with Gasteiger partial charge in [-0.2, -0.15) is 14.9 Å². The van der Waals surface area contributed by atoms with Crippen molar-refractivity contribution in [1.82, 2.24) is 14.9 Å². The van der Waals surface area contributed by atoms with E-state index in [9.17, 15) is 4.39 Å². The van der Waals surface area contributed by atoms with Crippen LogP contribution in [-0.2, 0) is 0 Å². The van der Waals surface area contributed by atoms with Crippen LogP contribution in [0.15, 0.2) is 52.2 Å². The number of rotatable bonds is 3. The molecule has 1 N–H and O–H groups in total. The summed E-state index contributed by atoms with van der Waals surface area (Å²) in [6.07, 6.45) is 3.02. The van der Waals surface area contributed by atoms with Crippen LogP contribution in [0.2, 0.25) is 0 Å². The second kappa shape index (κ2) is 5.22. The second-order valence-electron chi connectivity index (χ2n) is 3.90. The summed E-state index contributed by atoms with van der Waals surface area (Å²) in [5.41, 5.74) is 0.316. The Morgan fingerprint density at radius 3 is 2.90 bits per heavy atom. The van der Waals surface area contributed by atoms with Gasteiger partial charge in [0, 0.05) is 0 Å². The monoisotopic (exact) mass is 288 g/mol. The van der Waals surface area contributed by atoms with Crippen molar-refractivity contribution >= 4 is 18.4 Å². The first-order valence-electron chi connectivity index (χ1n) is 5.76. The van der Waals surface area contributed by atoms with E-state index in [1.165, 1.54) is 23.2 Å². The first-order valence-corrected chi connectivity index (χ1v) is 6.17. The molecule has 0 saturated carbocycles. The summed E-state index contributed by atoms with van der Waals surface area (Å²) in [6.45, 7) is 0. The maximum absolute atomic E-state index is 13.8. The highest BCUT2D eigenvalue weighted by molar-refractivity contribution is 7.71. The second-order valence-corrected chi connectivity index (χ2v) is 4.29. The van der Waals surface area contributed by atoms with E-state index in [0.717, 1.165) is 0 Å². The third kappa shape index (κ3) is 2.30. The van der Waals surface area contributed by atoms with Gasteiger partial charge in [0.25, 0.3) is 0 Å². The van der Waals surface area contributed by atoms with Crippen molar-refractivity contribution in [2.45, 2.75) is 0 Å². The van der Waals surface area contributed by atoms with E-state index >= 15 is 0 Å². The standard InChI is InChI=1S/C13H9FN4OS/c14-11-6-2-1-5-10(11)12-16-17-13(20)18(12)15-8-9-4-3-7-19-9/h1-8H,(H,17,20). The maximum Gasteiger partial charge on any atom is 0.216 e. The summed E-state index contributed by atoms with van der Waals surface area (Å²) in [4.78, 5) is 0. The molecule has 0 aliphatic heterocycles. The van der Waals surface area contributed by atoms with E-state index in [-0.39, 0.29) is 4.77 Å². The Morgan fingerprint density at radius 1 is 1.30 bits per heavy atom. The van der Waals surface area contributed by atoms with Gasteiger partial charge in [0.05, 0.1) is 18.0 Å².